The molecule has 0 aliphatic carbocycles. The zero-order valence-electron chi connectivity index (χ0n) is 10.9. The predicted octanol–water partition coefficient (Wildman–Crippen LogP) is 3.40. The summed E-state index contributed by atoms with van der Waals surface area (Å²) < 4.78 is 0. The minimum Gasteiger partial charge on any atom is -0.309 e. The summed E-state index contributed by atoms with van der Waals surface area (Å²) in [4.78, 5) is 14.5. The van der Waals surface area contributed by atoms with Crippen molar-refractivity contribution in [3.63, 3.8) is 0 Å². The summed E-state index contributed by atoms with van der Waals surface area (Å²) in [5, 5.41) is 0. The van der Waals surface area contributed by atoms with Crippen LogP contribution < -0.4 is 4.90 Å². The predicted molar refractivity (Wildman–Crippen MR) is 71.2 cm³/mol. The lowest BCUT2D eigenvalue weighted by atomic mass is 10.0. The fourth-order valence-electron chi connectivity index (χ4n) is 2.74. The maximum absolute atomic E-state index is 12.5. The van der Waals surface area contributed by atoms with E-state index in [1.54, 1.807) is 0 Å². The van der Waals surface area contributed by atoms with Gasteiger partial charge in [0.1, 0.15) is 0 Å². The maximum atomic E-state index is 12.5. The first-order valence-electron chi connectivity index (χ1n) is 6.60. The number of fused-ring (bicyclic) bond motifs is 1. The summed E-state index contributed by atoms with van der Waals surface area (Å²) in [6, 6.07) is 8.58. The summed E-state index contributed by atoms with van der Waals surface area (Å²) in [7, 11) is 0. The molecule has 0 bridgehead atoms. The van der Waals surface area contributed by atoms with Gasteiger partial charge in [0.2, 0.25) is 5.91 Å². The van der Waals surface area contributed by atoms with E-state index in [1.807, 2.05) is 11.0 Å². The van der Waals surface area contributed by atoms with Gasteiger partial charge in [-0.1, -0.05) is 32.0 Å². The van der Waals surface area contributed by atoms with Gasteiger partial charge in [-0.05, 0) is 37.8 Å². The number of rotatable bonds is 3. The van der Waals surface area contributed by atoms with Crippen LogP contribution in [0.1, 0.15) is 39.2 Å². The lowest BCUT2D eigenvalue weighted by molar-refractivity contribution is -0.122. The Morgan fingerprint density at radius 2 is 2.00 bits per heavy atom. The van der Waals surface area contributed by atoms with E-state index in [9.17, 15) is 4.79 Å². The van der Waals surface area contributed by atoms with Crippen molar-refractivity contribution < 1.29 is 4.79 Å². The fourth-order valence-corrected chi connectivity index (χ4v) is 2.74. The molecule has 0 N–H and O–H groups in total. The molecule has 0 saturated heterocycles. The van der Waals surface area contributed by atoms with Crippen LogP contribution in [0.25, 0.3) is 0 Å². The van der Waals surface area contributed by atoms with Gasteiger partial charge in [-0.15, -0.1) is 0 Å². The second-order valence-corrected chi connectivity index (χ2v) is 4.90. The molecule has 2 heteroatoms. The highest BCUT2D eigenvalue weighted by Gasteiger charge is 2.33. The number of carbonyl (C=O) groups excluding carboxylic acids is 1. The van der Waals surface area contributed by atoms with Crippen LogP contribution in [0.2, 0.25) is 0 Å². The molecule has 2 nitrogen and oxygen atoms in total. The van der Waals surface area contributed by atoms with Crippen LogP contribution >= 0.6 is 0 Å². The van der Waals surface area contributed by atoms with Crippen molar-refractivity contribution in [2.45, 2.75) is 46.1 Å². The second kappa shape index (κ2) is 4.91. The van der Waals surface area contributed by atoms with Crippen molar-refractivity contribution in [1.29, 1.82) is 0 Å². The molecular formula is C15H21NO. The third-order valence-corrected chi connectivity index (χ3v) is 3.78. The van der Waals surface area contributed by atoms with E-state index in [4.69, 9.17) is 0 Å². The summed E-state index contributed by atoms with van der Waals surface area (Å²) in [6.45, 7) is 6.33. The quantitative estimate of drug-likeness (QED) is 0.780. The number of carbonyl (C=O) groups is 1. The number of hydrogen-bond donors (Lipinski definition) is 0. The van der Waals surface area contributed by atoms with Gasteiger partial charge in [-0.2, -0.15) is 0 Å². The molecule has 1 aliphatic heterocycles. The molecule has 0 aromatic heterocycles. The molecule has 0 saturated carbocycles. The average Bonchev–Trinajstić information content (AvgIpc) is 2.66. The van der Waals surface area contributed by atoms with Crippen molar-refractivity contribution >= 4 is 11.6 Å². The molecule has 2 rings (SSSR count). The molecule has 1 aromatic rings. The molecule has 17 heavy (non-hydrogen) atoms. The maximum Gasteiger partial charge on any atom is 0.230 e. The number of nitrogens with zero attached hydrogens (tertiary/aromatic N) is 1. The highest BCUT2D eigenvalue weighted by atomic mass is 16.2. The third-order valence-electron chi connectivity index (χ3n) is 3.78. The van der Waals surface area contributed by atoms with Crippen LogP contribution in [0.5, 0.6) is 0 Å². The van der Waals surface area contributed by atoms with E-state index >= 15 is 0 Å². The van der Waals surface area contributed by atoms with Crippen molar-refractivity contribution in [2.75, 3.05) is 4.90 Å². The molecule has 0 radical (unpaired) electrons. The molecule has 1 aliphatic rings. The number of para-hydroxylation sites is 1. The van der Waals surface area contributed by atoms with Gasteiger partial charge in [-0.25, -0.2) is 0 Å². The van der Waals surface area contributed by atoms with Crippen LogP contribution in [0, 0.1) is 5.92 Å². The van der Waals surface area contributed by atoms with Crippen LogP contribution in [-0.2, 0) is 11.2 Å². The van der Waals surface area contributed by atoms with E-state index in [-0.39, 0.29) is 5.92 Å². The average molecular weight is 231 g/mol. The van der Waals surface area contributed by atoms with E-state index in [1.165, 1.54) is 5.56 Å². The molecule has 1 unspecified atom stereocenters. The Morgan fingerprint density at radius 3 is 2.65 bits per heavy atom. The van der Waals surface area contributed by atoms with Crippen LogP contribution in [0.4, 0.5) is 5.69 Å². The molecule has 92 valence electrons. The Balaban J connectivity index is 2.30. The second-order valence-electron chi connectivity index (χ2n) is 4.90. The van der Waals surface area contributed by atoms with E-state index in [0.717, 1.165) is 24.9 Å². The number of amides is 1. The Kier molecular flexibility index (Phi) is 3.51. The number of hydrogen-bond acceptors (Lipinski definition) is 1. The molecule has 1 amide bonds. The van der Waals surface area contributed by atoms with E-state index < -0.39 is 0 Å². The van der Waals surface area contributed by atoms with Gasteiger partial charge in [-0.3, -0.25) is 4.79 Å². The zero-order chi connectivity index (χ0) is 12.4. The van der Waals surface area contributed by atoms with Gasteiger partial charge in [0.05, 0.1) is 0 Å². The molecule has 0 fully saturated rings. The van der Waals surface area contributed by atoms with Crippen molar-refractivity contribution in [3.05, 3.63) is 29.8 Å². The van der Waals surface area contributed by atoms with Crippen LogP contribution in [0.15, 0.2) is 24.3 Å². The van der Waals surface area contributed by atoms with Crippen molar-refractivity contribution in [1.82, 2.24) is 0 Å². The van der Waals surface area contributed by atoms with Gasteiger partial charge in [0.25, 0.3) is 0 Å². The summed E-state index contributed by atoms with van der Waals surface area (Å²) >= 11 is 0. The van der Waals surface area contributed by atoms with E-state index in [2.05, 4.69) is 39.0 Å². The number of benzene rings is 1. The summed E-state index contributed by atoms with van der Waals surface area (Å²) in [5.41, 5.74) is 2.43. The van der Waals surface area contributed by atoms with Gasteiger partial charge >= 0.3 is 0 Å². The molecule has 1 atom stereocenters. The van der Waals surface area contributed by atoms with Crippen molar-refractivity contribution in [2.24, 2.45) is 5.92 Å². The topological polar surface area (TPSA) is 20.3 Å². The summed E-state index contributed by atoms with van der Waals surface area (Å²) in [5.74, 6) is 0.469. The first-order valence-corrected chi connectivity index (χ1v) is 6.60. The third kappa shape index (κ3) is 2.08. The SMILES string of the molecule is CCC(CC)C(=O)N1c2ccccc2CC1C. The van der Waals surface area contributed by atoms with Gasteiger partial charge < -0.3 is 4.90 Å². The zero-order valence-corrected chi connectivity index (χ0v) is 10.9. The minimum atomic E-state index is 0.170. The fraction of sp³-hybridized carbons (Fsp3) is 0.533. The molecule has 1 heterocycles. The van der Waals surface area contributed by atoms with Crippen LogP contribution in [0.3, 0.4) is 0 Å². The Labute approximate surface area is 104 Å². The Hall–Kier alpha value is -1.31. The molecule has 0 spiro atoms. The van der Waals surface area contributed by atoms with Gasteiger partial charge in [0, 0.05) is 17.6 Å². The Morgan fingerprint density at radius 1 is 1.35 bits per heavy atom. The smallest absolute Gasteiger partial charge is 0.230 e. The minimum absolute atomic E-state index is 0.170. The highest BCUT2D eigenvalue weighted by Crippen LogP contribution is 2.33. The van der Waals surface area contributed by atoms with Crippen LogP contribution in [-0.4, -0.2) is 11.9 Å². The monoisotopic (exact) mass is 231 g/mol. The summed E-state index contributed by atoms with van der Waals surface area (Å²) in [6.07, 6.45) is 2.85. The molecular weight excluding hydrogens is 210 g/mol. The first kappa shape index (κ1) is 12.2. The van der Waals surface area contributed by atoms with Gasteiger partial charge in [0.15, 0.2) is 0 Å². The first-order chi connectivity index (χ1) is 8.19. The van der Waals surface area contributed by atoms with E-state index in [0.29, 0.717) is 11.9 Å². The highest BCUT2D eigenvalue weighted by molar-refractivity contribution is 5.97. The largest absolute Gasteiger partial charge is 0.309 e. The normalized spacial score (nSPS) is 18.6. The molecule has 1 aromatic carbocycles. The number of anilines is 1. The lowest BCUT2D eigenvalue weighted by Crippen LogP contribution is -2.39. The Bertz CT molecular complexity index is 409. The van der Waals surface area contributed by atoms with Crippen molar-refractivity contribution in [3.8, 4) is 0 Å². The standard InChI is InChI=1S/C15H21NO/c1-4-12(5-2)15(17)16-11(3)10-13-8-6-7-9-14(13)16/h6-9,11-12H,4-5,10H2,1-3H3. The lowest BCUT2D eigenvalue weighted by Gasteiger charge is -2.26.